The van der Waals surface area contributed by atoms with Gasteiger partial charge in [0.05, 0.1) is 29.0 Å². The first kappa shape index (κ1) is 19.1. The maximum atomic E-state index is 12.5. The van der Waals surface area contributed by atoms with Gasteiger partial charge in [-0.1, -0.05) is 5.16 Å². The van der Waals surface area contributed by atoms with E-state index >= 15 is 0 Å². The molecular formula is C14H13F3N4O5S. The lowest BCUT2D eigenvalue weighted by Gasteiger charge is -2.33. The van der Waals surface area contributed by atoms with Crippen molar-refractivity contribution in [1.29, 1.82) is 0 Å². The van der Waals surface area contributed by atoms with Gasteiger partial charge in [0.1, 0.15) is 0 Å². The van der Waals surface area contributed by atoms with Crippen molar-refractivity contribution in [3.63, 3.8) is 0 Å². The molecule has 27 heavy (non-hydrogen) atoms. The van der Waals surface area contributed by atoms with Crippen molar-refractivity contribution in [1.82, 2.24) is 20.4 Å². The fraction of sp³-hybridized carbons (Fsp3) is 0.429. The second-order valence-electron chi connectivity index (χ2n) is 5.50. The number of hydrogen-bond donors (Lipinski definition) is 2. The van der Waals surface area contributed by atoms with E-state index in [0.717, 1.165) is 11.3 Å². The zero-order valence-corrected chi connectivity index (χ0v) is 14.3. The molecular weight excluding hydrogens is 393 g/mol. The Morgan fingerprint density at radius 3 is 2.85 bits per heavy atom. The summed E-state index contributed by atoms with van der Waals surface area (Å²) < 4.78 is 46.9. The highest BCUT2D eigenvalue weighted by Gasteiger charge is 2.38. The Kier molecular flexibility index (Phi) is 5.32. The number of ether oxygens (including phenoxy) is 1. The van der Waals surface area contributed by atoms with Crippen LogP contribution in [0.15, 0.2) is 16.7 Å². The number of morpholine rings is 1. The maximum absolute atomic E-state index is 12.5. The second-order valence-corrected chi connectivity index (χ2v) is 6.58. The van der Waals surface area contributed by atoms with E-state index in [9.17, 15) is 22.8 Å². The van der Waals surface area contributed by atoms with Crippen molar-refractivity contribution in [3.8, 4) is 10.7 Å². The first-order valence-corrected chi connectivity index (χ1v) is 8.44. The number of carboxylic acid groups (broad SMARTS) is 1. The van der Waals surface area contributed by atoms with E-state index in [1.807, 2.05) is 0 Å². The third-order valence-corrected chi connectivity index (χ3v) is 4.77. The molecule has 3 heterocycles. The van der Waals surface area contributed by atoms with Crippen LogP contribution in [0.3, 0.4) is 0 Å². The molecule has 1 fully saturated rings. The van der Waals surface area contributed by atoms with Gasteiger partial charge in [-0.2, -0.15) is 18.2 Å². The van der Waals surface area contributed by atoms with Gasteiger partial charge in [0.2, 0.25) is 5.82 Å². The van der Waals surface area contributed by atoms with Crippen molar-refractivity contribution >= 4 is 23.3 Å². The van der Waals surface area contributed by atoms with Crippen LogP contribution in [-0.2, 0) is 10.9 Å². The van der Waals surface area contributed by atoms with Crippen LogP contribution in [0, 0.1) is 0 Å². The van der Waals surface area contributed by atoms with E-state index in [1.54, 1.807) is 0 Å². The van der Waals surface area contributed by atoms with E-state index in [2.05, 4.69) is 20.0 Å². The number of halogens is 3. The highest BCUT2D eigenvalue weighted by Crippen LogP contribution is 2.31. The van der Waals surface area contributed by atoms with E-state index in [0.29, 0.717) is 0 Å². The summed E-state index contributed by atoms with van der Waals surface area (Å²) >= 11 is 0.886. The number of hydrogen-bond acceptors (Lipinski definition) is 7. The summed E-state index contributed by atoms with van der Waals surface area (Å²) in [4.78, 5) is 28.3. The van der Waals surface area contributed by atoms with Gasteiger partial charge in [-0.3, -0.25) is 9.69 Å². The largest absolute Gasteiger partial charge is 0.471 e. The molecule has 13 heteroatoms. The predicted octanol–water partition coefficient (Wildman–Crippen LogP) is 1.93. The van der Waals surface area contributed by atoms with Gasteiger partial charge >= 0.3 is 18.2 Å². The van der Waals surface area contributed by atoms with Gasteiger partial charge in [-0.05, 0) is 12.1 Å². The number of thiophene rings is 1. The zero-order chi connectivity index (χ0) is 19.6. The lowest BCUT2D eigenvalue weighted by atomic mass is 10.2. The Morgan fingerprint density at radius 1 is 1.41 bits per heavy atom. The van der Waals surface area contributed by atoms with Crippen molar-refractivity contribution in [3.05, 3.63) is 22.9 Å². The van der Waals surface area contributed by atoms with Crippen LogP contribution in [0.2, 0.25) is 0 Å². The number of carbonyl (C=O) groups excluding carboxylic acids is 1. The van der Waals surface area contributed by atoms with Crippen LogP contribution in [0.5, 0.6) is 0 Å². The Bertz CT molecular complexity index is 837. The Balaban J connectivity index is 1.63. The quantitative estimate of drug-likeness (QED) is 0.797. The van der Waals surface area contributed by atoms with E-state index in [4.69, 9.17) is 9.84 Å². The molecule has 0 spiro atoms. The standard InChI is InChI=1S/C14H13F3N4O5S/c15-14(16,17)12-19-10(20-26-12)8-1-2-9(27-8)11(22)18-5-7-6-25-4-3-21(7)13(23)24/h1-2,7H,3-6H2,(H,18,22)(H,23,24)/t7-/m0/s1. The number of amides is 2. The molecule has 2 aromatic rings. The van der Waals surface area contributed by atoms with Crippen LogP contribution >= 0.6 is 11.3 Å². The highest BCUT2D eigenvalue weighted by molar-refractivity contribution is 7.17. The lowest BCUT2D eigenvalue weighted by molar-refractivity contribution is -0.159. The van der Waals surface area contributed by atoms with Crippen LogP contribution in [0.25, 0.3) is 10.7 Å². The van der Waals surface area contributed by atoms with Crippen molar-refractivity contribution in [2.75, 3.05) is 26.3 Å². The normalized spacial score (nSPS) is 17.7. The summed E-state index contributed by atoms with van der Waals surface area (Å²) in [5.41, 5.74) is 0. The van der Waals surface area contributed by atoms with Gasteiger partial charge in [-0.25, -0.2) is 4.79 Å². The molecule has 9 nitrogen and oxygen atoms in total. The van der Waals surface area contributed by atoms with Crippen LogP contribution in [0.1, 0.15) is 15.6 Å². The van der Waals surface area contributed by atoms with Gasteiger partial charge in [0.25, 0.3) is 5.91 Å². The van der Waals surface area contributed by atoms with E-state index in [-0.39, 0.29) is 41.9 Å². The average Bonchev–Trinajstić information content (AvgIpc) is 3.28. The third-order valence-electron chi connectivity index (χ3n) is 3.69. The first-order valence-electron chi connectivity index (χ1n) is 7.62. The lowest BCUT2D eigenvalue weighted by Crippen LogP contribution is -2.53. The maximum Gasteiger partial charge on any atom is 0.471 e. The monoisotopic (exact) mass is 406 g/mol. The summed E-state index contributed by atoms with van der Waals surface area (Å²) in [7, 11) is 0. The molecule has 0 aromatic carbocycles. The molecule has 0 bridgehead atoms. The molecule has 0 radical (unpaired) electrons. The second kappa shape index (κ2) is 7.52. The summed E-state index contributed by atoms with van der Waals surface area (Å²) in [6.07, 6.45) is -5.85. The Morgan fingerprint density at radius 2 is 2.19 bits per heavy atom. The van der Waals surface area contributed by atoms with Gasteiger partial charge < -0.3 is 19.7 Å². The molecule has 2 N–H and O–H groups in total. The molecule has 1 aliphatic rings. The van der Waals surface area contributed by atoms with Crippen molar-refractivity contribution < 1.29 is 37.1 Å². The Hall–Kier alpha value is -2.67. The minimum atomic E-state index is -4.75. The SMILES string of the molecule is O=C(NC[C@H]1COCCN1C(=O)O)c1ccc(-c2noc(C(F)(F)F)n2)s1. The number of nitrogens with zero attached hydrogens (tertiary/aromatic N) is 3. The molecule has 0 unspecified atom stereocenters. The summed E-state index contributed by atoms with van der Waals surface area (Å²) in [6.45, 7) is 0.693. The molecule has 3 rings (SSSR count). The molecule has 2 amide bonds. The number of alkyl halides is 3. The fourth-order valence-electron chi connectivity index (χ4n) is 2.39. The van der Waals surface area contributed by atoms with Crippen molar-refractivity contribution in [2.45, 2.75) is 12.2 Å². The third kappa shape index (κ3) is 4.36. The Labute approximate surface area is 153 Å². The van der Waals surface area contributed by atoms with Crippen molar-refractivity contribution in [2.24, 2.45) is 0 Å². The van der Waals surface area contributed by atoms with Crippen LogP contribution < -0.4 is 5.32 Å². The smallest absolute Gasteiger partial charge is 0.465 e. The first-order chi connectivity index (χ1) is 12.8. The topological polar surface area (TPSA) is 118 Å². The molecule has 0 saturated carbocycles. The average molecular weight is 406 g/mol. The van der Waals surface area contributed by atoms with Crippen LogP contribution in [0.4, 0.5) is 18.0 Å². The number of aromatic nitrogens is 2. The minimum Gasteiger partial charge on any atom is -0.465 e. The van der Waals surface area contributed by atoms with E-state index in [1.165, 1.54) is 17.0 Å². The molecule has 0 aliphatic carbocycles. The highest BCUT2D eigenvalue weighted by atomic mass is 32.1. The molecule has 2 aromatic heterocycles. The summed E-state index contributed by atoms with van der Waals surface area (Å²) in [5, 5.41) is 15.0. The molecule has 146 valence electrons. The van der Waals surface area contributed by atoms with Gasteiger partial charge in [-0.15, -0.1) is 11.3 Å². The number of carbonyl (C=O) groups is 2. The number of rotatable bonds is 4. The van der Waals surface area contributed by atoms with Crippen LogP contribution in [-0.4, -0.2) is 64.5 Å². The predicted molar refractivity (Wildman–Crippen MR) is 84.3 cm³/mol. The summed E-state index contributed by atoms with van der Waals surface area (Å²) in [6, 6.07) is 2.29. The number of nitrogens with one attached hydrogen (secondary N) is 1. The summed E-state index contributed by atoms with van der Waals surface area (Å²) in [5.74, 6) is -2.24. The van der Waals surface area contributed by atoms with Gasteiger partial charge in [0, 0.05) is 13.1 Å². The van der Waals surface area contributed by atoms with Gasteiger partial charge in [0.15, 0.2) is 0 Å². The molecule has 1 atom stereocenters. The fourth-order valence-corrected chi connectivity index (χ4v) is 3.24. The molecule has 1 aliphatic heterocycles. The van der Waals surface area contributed by atoms with E-state index < -0.39 is 30.1 Å². The minimum absolute atomic E-state index is 0.0405. The molecule has 1 saturated heterocycles. The zero-order valence-electron chi connectivity index (χ0n) is 13.5.